The number of nitrogens with two attached hydrogens (primary N) is 1. The molecule has 0 aliphatic carbocycles. The summed E-state index contributed by atoms with van der Waals surface area (Å²) in [6.45, 7) is 5.96. The standard InChI is InChI=1S/C11H23N3O3S/c1-11(2,10(12)13-15)4-3-5-14-6-8-18(16,17)9-7-14/h15H,3-9H2,1-2H3,(H2,12,13). The number of rotatable bonds is 5. The summed E-state index contributed by atoms with van der Waals surface area (Å²) in [4.78, 5) is 2.16. The minimum absolute atomic E-state index is 0.240. The summed E-state index contributed by atoms with van der Waals surface area (Å²) in [7, 11) is -2.80. The molecule has 0 amide bonds. The van der Waals surface area contributed by atoms with Gasteiger partial charge < -0.3 is 15.8 Å². The average molecular weight is 277 g/mol. The van der Waals surface area contributed by atoms with Crippen molar-refractivity contribution in [3.05, 3.63) is 0 Å². The third-order valence-electron chi connectivity index (χ3n) is 3.51. The Labute approximate surface area is 109 Å². The Morgan fingerprint density at radius 2 is 1.94 bits per heavy atom. The number of amidine groups is 1. The third-order valence-corrected chi connectivity index (χ3v) is 5.12. The highest BCUT2D eigenvalue weighted by Crippen LogP contribution is 2.22. The van der Waals surface area contributed by atoms with Crippen LogP contribution in [0.25, 0.3) is 0 Å². The lowest BCUT2D eigenvalue weighted by Crippen LogP contribution is -2.41. The fourth-order valence-corrected chi connectivity index (χ4v) is 3.26. The van der Waals surface area contributed by atoms with E-state index in [0.717, 1.165) is 19.4 Å². The summed E-state index contributed by atoms with van der Waals surface area (Å²) in [6.07, 6.45) is 1.72. The van der Waals surface area contributed by atoms with E-state index >= 15 is 0 Å². The van der Waals surface area contributed by atoms with Gasteiger partial charge in [0.2, 0.25) is 0 Å². The van der Waals surface area contributed by atoms with E-state index < -0.39 is 9.84 Å². The minimum Gasteiger partial charge on any atom is -0.409 e. The summed E-state index contributed by atoms with van der Waals surface area (Å²) in [5, 5.41) is 11.7. The van der Waals surface area contributed by atoms with Gasteiger partial charge in [0.15, 0.2) is 9.84 Å². The molecule has 0 unspecified atom stereocenters. The number of hydrogen-bond acceptors (Lipinski definition) is 5. The smallest absolute Gasteiger partial charge is 0.152 e. The van der Waals surface area contributed by atoms with Crippen LogP contribution in [-0.2, 0) is 9.84 Å². The molecule has 1 fully saturated rings. The molecular weight excluding hydrogens is 254 g/mol. The number of sulfone groups is 1. The lowest BCUT2D eigenvalue weighted by molar-refractivity contribution is 0.270. The molecule has 0 saturated carbocycles. The molecule has 0 bridgehead atoms. The van der Waals surface area contributed by atoms with Crippen molar-refractivity contribution in [3.8, 4) is 0 Å². The van der Waals surface area contributed by atoms with Crippen molar-refractivity contribution in [1.82, 2.24) is 4.90 Å². The summed E-state index contributed by atoms with van der Waals surface area (Å²) in [5.74, 6) is 0.761. The van der Waals surface area contributed by atoms with E-state index in [4.69, 9.17) is 10.9 Å². The van der Waals surface area contributed by atoms with Gasteiger partial charge in [-0.15, -0.1) is 0 Å². The second-order valence-electron chi connectivity index (χ2n) is 5.47. The zero-order chi connectivity index (χ0) is 13.8. The Morgan fingerprint density at radius 1 is 1.39 bits per heavy atom. The lowest BCUT2D eigenvalue weighted by Gasteiger charge is -2.28. The van der Waals surface area contributed by atoms with Crippen molar-refractivity contribution in [3.63, 3.8) is 0 Å². The summed E-state index contributed by atoms with van der Waals surface area (Å²) in [5.41, 5.74) is 5.29. The lowest BCUT2D eigenvalue weighted by atomic mass is 9.86. The van der Waals surface area contributed by atoms with Gasteiger partial charge in [-0.3, -0.25) is 0 Å². The van der Waals surface area contributed by atoms with Crippen molar-refractivity contribution in [2.75, 3.05) is 31.1 Å². The predicted molar refractivity (Wildman–Crippen MR) is 71.5 cm³/mol. The van der Waals surface area contributed by atoms with Crippen molar-refractivity contribution in [2.45, 2.75) is 26.7 Å². The van der Waals surface area contributed by atoms with Crippen molar-refractivity contribution >= 4 is 15.7 Å². The first kappa shape index (κ1) is 15.2. The van der Waals surface area contributed by atoms with Crippen LogP contribution in [0.2, 0.25) is 0 Å². The molecule has 1 rings (SSSR count). The summed E-state index contributed by atoms with van der Waals surface area (Å²) in [6, 6.07) is 0. The maximum Gasteiger partial charge on any atom is 0.152 e. The molecule has 0 aromatic rings. The zero-order valence-corrected chi connectivity index (χ0v) is 11.9. The Kier molecular flexibility index (Phi) is 4.98. The largest absolute Gasteiger partial charge is 0.409 e. The molecule has 1 heterocycles. The summed E-state index contributed by atoms with van der Waals surface area (Å²) < 4.78 is 22.5. The van der Waals surface area contributed by atoms with Crippen molar-refractivity contribution in [2.24, 2.45) is 16.3 Å². The van der Waals surface area contributed by atoms with E-state index in [-0.39, 0.29) is 22.8 Å². The van der Waals surface area contributed by atoms with E-state index in [1.54, 1.807) is 0 Å². The first-order chi connectivity index (χ1) is 8.27. The third kappa shape index (κ3) is 4.45. The Hall–Kier alpha value is -0.820. The van der Waals surface area contributed by atoms with Crippen LogP contribution in [0.15, 0.2) is 5.16 Å². The fraction of sp³-hybridized carbons (Fsp3) is 0.909. The molecule has 3 N–H and O–H groups in total. The fourth-order valence-electron chi connectivity index (χ4n) is 1.98. The van der Waals surface area contributed by atoms with Crippen LogP contribution in [0.1, 0.15) is 26.7 Å². The normalized spacial score (nSPS) is 22.0. The van der Waals surface area contributed by atoms with E-state index in [9.17, 15) is 8.42 Å². The molecule has 1 aliphatic heterocycles. The van der Waals surface area contributed by atoms with Gasteiger partial charge in [-0.2, -0.15) is 0 Å². The molecule has 18 heavy (non-hydrogen) atoms. The van der Waals surface area contributed by atoms with E-state index in [1.165, 1.54) is 0 Å². The molecule has 1 aliphatic rings. The maximum absolute atomic E-state index is 11.3. The first-order valence-corrected chi connectivity index (χ1v) is 8.00. The molecule has 1 saturated heterocycles. The van der Waals surface area contributed by atoms with E-state index in [1.807, 2.05) is 13.8 Å². The van der Waals surface area contributed by atoms with E-state index in [2.05, 4.69) is 10.1 Å². The molecule has 106 valence electrons. The molecule has 0 aromatic heterocycles. The topological polar surface area (TPSA) is 96.0 Å². The van der Waals surface area contributed by atoms with E-state index in [0.29, 0.717) is 13.1 Å². The van der Waals surface area contributed by atoms with Crippen LogP contribution < -0.4 is 5.73 Å². The highest BCUT2D eigenvalue weighted by Gasteiger charge is 2.25. The molecule has 7 heteroatoms. The second kappa shape index (κ2) is 5.88. The van der Waals surface area contributed by atoms with Crippen molar-refractivity contribution in [1.29, 1.82) is 0 Å². The SMILES string of the molecule is CC(C)(CCCN1CCS(=O)(=O)CC1)C(N)=NO. The Morgan fingerprint density at radius 3 is 2.44 bits per heavy atom. The second-order valence-corrected chi connectivity index (χ2v) is 7.77. The minimum atomic E-state index is -2.80. The van der Waals surface area contributed by atoms with Gasteiger partial charge in [0.05, 0.1) is 11.5 Å². The van der Waals surface area contributed by atoms with Gasteiger partial charge in [0.1, 0.15) is 5.84 Å². The number of hydrogen-bond donors (Lipinski definition) is 2. The molecule has 0 radical (unpaired) electrons. The summed E-state index contributed by atoms with van der Waals surface area (Å²) >= 11 is 0. The molecule has 0 spiro atoms. The van der Waals surface area contributed by atoms with Crippen LogP contribution >= 0.6 is 0 Å². The van der Waals surface area contributed by atoms with Gasteiger partial charge in [-0.25, -0.2) is 8.42 Å². The van der Waals surface area contributed by atoms with Gasteiger partial charge in [-0.1, -0.05) is 19.0 Å². The van der Waals surface area contributed by atoms with Crippen LogP contribution in [0.3, 0.4) is 0 Å². The monoisotopic (exact) mass is 277 g/mol. The quantitative estimate of drug-likeness (QED) is 0.325. The van der Waals surface area contributed by atoms with Gasteiger partial charge in [-0.05, 0) is 19.4 Å². The maximum atomic E-state index is 11.3. The van der Waals surface area contributed by atoms with Crippen LogP contribution in [0, 0.1) is 5.41 Å². The van der Waals surface area contributed by atoms with Crippen LogP contribution in [-0.4, -0.2) is 55.5 Å². The van der Waals surface area contributed by atoms with Crippen molar-refractivity contribution < 1.29 is 13.6 Å². The van der Waals surface area contributed by atoms with Gasteiger partial charge >= 0.3 is 0 Å². The molecule has 0 atom stereocenters. The Bertz CT molecular complexity index is 390. The number of nitrogens with zero attached hydrogens (tertiary/aromatic N) is 2. The highest BCUT2D eigenvalue weighted by atomic mass is 32.2. The average Bonchev–Trinajstić information content (AvgIpc) is 2.30. The molecule has 0 aromatic carbocycles. The van der Waals surface area contributed by atoms with Crippen LogP contribution in [0.5, 0.6) is 0 Å². The van der Waals surface area contributed by atoms with Gasteiger partial charge in [0.25, 0.3) is 0 Å². The zero-order valence-electron chi connectivity index (χ0n) is 11.1. The predicted octanol–water partition coefficient (Wildman–Crippen LogP) is 0.270. The first-order valence-electron chi connectivity index (χ1n) is 6.18. The van der Waals surface area contributed by atoms with Crippen LogP contribution in [0.4, 0.5) is 0 Å². The highest BCUT2D eigenvalue weighted by molar-refractivity contribution is 7.91. The molecular formula is C11H23N3O3S. The molecule has 6 nitrogen and oxygen atoms in total. The Balaban J connectivity index is 2.31. The van der Waals surface area contributed by atoms with Gasteiger partial charge in [0, 0.05) is 18.5 Å². The number of oxime groups is 1.